The molecule has 0 aromatic heterocycles. The van der Waals surface area contributed by atoms with Crippen LogP contribution in [0.1, 0.15) is 50.2 Å². The maximum atomic E-state index is 12.5. The SMILES string of the molecule is CCCCCCCOC(=O)C(C#N)=C(c1ccccc1)c1ccccc1. The van der Waals surface area contributed by atoms with Gasteiger partial charge in [0.25, 0.3) is 0 Å². The van der Waals surface area contributed by atoms with Gasteiger partial charge in [0.1, 0.15) is 11.6 Å². The molecule has 0 fully saturated rings. The van der Waals surface area contributed by atoms with Crippen LogP contribution >= 0.6 is 0 Å². The second kappa shape index (κ2) is 10.9. The Kier molecular flexibility index (Phi) is 8.15. The largest absolute Gasteiger partial charge is 0.462 e. The van der Waals surface area contributed by atoms with Crippen molar-refractivity contribution in [1.29, 1.82) is 5.26 Å². The molecule has 0 radical (unpaired) electrons. The van der Waals surface area contributed by atoms with Crippen LogP contribution in [0.5, 0.6) is 0 Å². The van der Waals surface area contributed by atoms with E-state index in [2.05, 4.69) is 13.0 Å². The second-order valence-corrected chi connectivity index (χ2v) is 6.14. The molecule has 0 atom stereocenters. The number of rotatable bonds is 9. The highest BCUT2D eigenvalue weighted by Gasteiger charge is 2.19. The van der Waals surface area contributed by atoms with Crippen molar-refractivity contribution in [2.24, 2.45) is 0 Å². The third kappa shape index (κ3) is 5.60. The topological polar surface area (TPSA) is 50.1 Å². The third-order valence-corrected chi connectivity index (χ3v) is 4.17. The van der Waals surface area contributed by atoms with E-state index in [-0.39, 0.29) is 5.57 Å². The highest BCUT2D eigenvalue weighted by Crippen LogP contribution is 2.27. The first-order valence-corrected chi connectivity index (χ1v) is 9.20. The molecular formula is C23H25NO2. The molecule has 26 heavy (non-hydrogen) atoms. The molecule has 0 heterocycles. The molecule has 2 aromatic carbocycles. The Morgan fingerprint density at radius 1 is 0.885 bits per heavy atom. The van der Waals surface area contributed by atoms with Gasteiger partial charge in [-0.3, -0.25) is 0 Å². The quantitative estimate of drug-likeness (QED) is 0.259. The van der Waals surface area contributed by atoms with Crippen molar-refractivity contribution in [3.8, 4) is 6.07 Å². The lowest BCUT2D eigenvalue weighted by Gasteiger charge is -2.12. The number of hydrogen-bond acceptors (Lipinski definition) is 3. The summed E-state index contributed by atoms with van der Waals surface area (Å²) in [6.07, 6.45) is 5.39. The van der Waals surface area contributed by atoms with E-state index in [4.69, 9.17) is 4.74 Å². The molecule has 0 unspecified atom stereocenters. The van der Waals surface area contributed by atoms with Crippen molar-refractivity contribution in [2.45, 2.75) is 39.0 Å². The molecule has 134 valence electrons. The van der Waals surface area contributed by atoms with Crippen LogP contribution < -0.4 is 0 Å². The molecule has 0 N–H and O–H groups in total. The summed E-state index contributed by atoms with van der Waals surface area (Å²) < 4.78 is 5.38. The molecule has 2 aromatic rings. The fraction of sp³-hybridized carbons (Fsp3) is 0.304. The van der Waals surface area contributed by atoms with Crippen LogP contribution in [0.15, 0.2) is 66.2 Å². The van der Waals surface area contributed by atoms with Gasteiger partial charge >= 0.3 is 5.97 Å². The van der Waals surface area contributed by atoms with E-state index in [0.717, 1.165) is 30.4 Å². The number of benzene rings is 2. The number of nitrogens with zero attached hydrogens (tertiary/aromatic N) is 1. The van der Waals surface area contributed by atoms with Crippen molar-refractivity contribution >= 4 is 11.5 Å². The Bertz CT molecular complexity index is 716. The van der Waals surface area contributed by atoms with E-state index < -0.39 is 5.97 Å². The van der Waals surface area contributed by atoms with Gasteiger partial charge in [-0.05, 0) is 17.5 Å². The first-order chi connectivity index (χ1) is 12.8. The predicted octanol–water partition coefficient (Wildman–Crippen LogP) is 5.53. The third-order valence-electron chi connectivity index (χ3n) is 4.17. The van der Waals surface area contributed by atoms with Gasteiger partial charge in [-0.2, -0.15) is 5.26 Å². The highest BCUT2D eigenvalue weighted by atomic mass is 16.5. The number of hydrogen-bond donors (Lipinski definition) is 0. The van der Waals surface area contributed by atoms with E-state index in [1.54, 1.807) is 0 Å². The van der Waals surface area contributed by atoms with Gasteiger partial charge in [0.05, 0.1) is 6.61 Å². The standard InChI is InChI=1S/C23H25NO2/c1-2-3-4-5-12-17-26-23(25)21(18-24)22(19-13-8-6-9-14-19)20-15-10-7-11-16-20/h6-11,13-16H,2-5,12,17H2,1H3. The average molecular weight is 347 g/mol. The van der Waals surface area contributed by atoms with Gasteiger partial charge < -0.3 is 4.74 Å². The summed E-state index contributed by atoms with van der Waals surface area (Å²) >= 11 is 0. The number of nitriles is 1. The summed E-state index contributed by atoms with van der Waals surface area (Å²) in [6, 6.07) is 21.1. The fourth-order valence-electron chi connectivity index (χ4n) is 2.81. The lowest BCUT2D eigenvalue weighted by molar-refractivity contribution is -0.138. The molecule has 0 aliphatic heterocycles. The Labute approximate surface area is 155 Å². The van der Waals surface area contributed by atoms with E-state index in [0.29, 0.717) is 12.2 Å². The number of carbonyl (C=O) groups excluding carboxylic acids is 1. The number of esters is 1. The zero-order valence-corrected chi connectivity index (χ0v) is 15.3. The zero-order valence-electron chi connectivity index (χ0n) is 15.3. The molecule has 0 spiro atoms. The van der Waals surface area contributed by atoms with Gasteiger partial charge in [-0.25, -0.2) is 4.79 Å². The van der Waals surface area contributed by atoms with E-state index >= 15 is 0 Å². The minimum absolute atomic E-state index is 0.0518. The van der Waals surface area contributed by atoms with Crippen LogP contribution in [0.3, 0.4) is 0 Å². The first kappa shape index (κ1) is 19.5. The Morgan fingerprint density at radius 2 is 1.42 bits per heavy atom. The lowest BCUT2D eigenvalue weighted by atomic mass is 9.93. The number of unbranched alkanes of at least 4 members (excludes halogenated alkanes) is 4. The van der Waals surface area contributed by atoms with Gasteiger partial charge in [-0.1, -0.05) is 93.3 Å². The molecule has 0 amide bonds. The van der Waals surface area contributed by atoms with Crippen molar-refractivity contribution < 1.29 is 9.53 Å². The number of carbonyl (C=O) groups is 1. The molecule has 3 nitrogen and oxygen atoms in total. The summed E-state index contributed by atoms with van der Waals surface area (Å²) in [7, 11) is 0. The summed E-state index contributed by atoms with van der Waals surface area (Å²) in [5, 5.41) is 9.65. The van der Waals surface area contributed by atoms with Crippen molar-refractivity contribution in [3.63, 3.8) is 0 Å². The lowest BCUT2D eigenvalue weighted by Crippen LogP contribution is -2.11. The molecule has 0 saturated carbocycles. The van der Waals surface area contributed by atoms with Gasteiger partial charge in [0.2, 0.25) is 0 Å². The Morgan fingerprint density at radius 3 is 1.92 bits per heavy atom. The average Bonchev–Trinajstić information content (AvgIpc) is 2.69. The van der Waals surface area contributed by atoms with Gasteiger partial charge in [0.15, 0.2) is 0 Å². The fourth-order valence-corrected chi connectivity index (χ4v) is 2.81. The maximum absolute atomic E-state index is 12.5. The van der Waals surface area contributed by atoms with Crippen molar-refractivity contribution in [3.05, 3.63) is 77.4 Å². The summed E-state index contributed by atoms with van der Waals surface area (Å²) in [6.45, 7) is 2.52. The normalized spacial score (nSPS) is 10.0. The second-order valence-electron chi connectivity index (χ2n) is 6.14. The molecule has 0 aliphatic rings. The Hall–Kier alpha value is -2.86. The van der Waals surface area contributed by atoms with Gasteiger partial charge in [-0.15, -0.1) is 0 Å². The van der Waals surface area contributed by atoms with Crippen LogP contribution in [0.4, 0.5) is 0 Å². The molecule has 0 aliphatic carbocycles. The zero-order chi connectivity index (χ0) is 18.6. The predicted molar refractivity (Wildman–Crippen MR) is 104 cm³/mol. The van der Waals surface area contributed by atoms with Crippen molar-refractivity contribution in [1.82, 2.24) is 0 Å². The van der Waals surface area contributed by atoms with E-state index in [1.165, 1.54) is 12.8 Å². The highest BCUT2D eigenvalue weighted by molar-refractivity contribution is 6.05. The van der Waals surface area contributed by atoms with Gasteiger partial charge in [0, 0.05) is 5.57 Å². The summed E-state index contributed by atoms with van der Waals surface area (Å²) in [5.41, 5.74) is 2.32. The summed E-state index contributed by atoms with van der Waals surface area (Å²) in [5.74, 6) is -0.550. The van der Waals surface area contributed by atoms with Crippen LogP contribution in [-0.4, -0.2) is 12.6 Å². The maximum Gasteiger partial charge on any atom is 0.349 e. The first-order valence-electron chi connectivity index (χ1n) is 9.20. The number of ether oxygens (including phenoxy) is 1. The Balaban J connectivity index is 2.23. The molecule has 0 bridgehead atoms. The van der Waals surface area contributed by atoms with Crippen LogP contribution in [-0.2, 0) is 9.53 Å². The van der Waals surface area contributed by atoms with E-state index in [1.807, 2.05) is 60.7 Å². The smallest absolute Gasteiger partial charge is 0.349 e. The van der Waals surface area contributed by atoms with Crippen molar-refractivity contribution in [2.75, 3.05) is 6.61 Å². The molecule has 3 heteroatoms. The molecule has 0 saturated heterocycles. The van der Waals surface area contributed by atoms with Crippen LogP contribution in [0.25, 0.3) is 5.57 Å². The molecule has 2 rings (SSSR count). The van der Waals surface area contributed by atoms with Crippen LogP contribution in [0, 0.1) is 11.3 Å². The van der Waals surface area contributed by atoms with Crippen LogP contribution in [0.2, 0.25) is 0 Å². The minimum atomic E-state index is -0.550. The van der Waals surface area contributed by atoms with E-state index in [9.17, 15) is 10.1 Å². The summed E-state index contributed by atoms with van der Waals surface area (Å²) in [4.78, 5) is 12.5. The minimum Gasteiger partial charge on any atom is -0.462 e. The molecular weight excluding hydrogens is 322 g/mol. The monoisotopic (exact) mass is 347 g/mol.